The summed E-state index contributed by atoms with van der Waals surface area (Å²) in [7, 11) is 0. The molecule has 16 heavy (non-hydrogen) atoms. The van der Waals surface area contributed by atoms with E-state index in [2.05, 4.69) is 9.97 Å². The minimum absolute atomic E-state index is 0.0263. The first kappa shape index (κ1) is 10.6. The molecule has 5 heteroatoms. The van der Waals surface area contributed by atoms with Crippen LogP contribution in [0.1, 0.15) is 25.1 Å². The van der Waals surface area contributed by atoms with Gasteiger partial charge in [-0.2, -0.15) is 0 Å². The van der Waals surface area contributed by atoms with Gasteiger partial charge in [-0.25, -0.2) is 9.37 Å². The number of rotatable bonds is 3. The number of benzene rings is 1. The van der Waals surface area contributed by atoms with Crippen molar-refractivity contribution in [3.63, 3.8) is 0 Å². The molecule has 0 amide bonds. The zero-order valence-electron chi connectivity index (χ0n) is 8.70. The topological polar surface area (TPSA) is 66.0 Å². The van der Waals surface area contributed by atoms with Crippen LogP contribution in [0.2, 0.25) is 0 Å². The van der Waals surface area contributed by atoms with Gasteiger partial charge in [0.05, 0.1) is 11.9 Å². The number of carboxylic acids is 1. The molecule has 0 saturated heterocycles. The van der Waals surface area contributed by atoms with Crippen LogP contribution in [0.3, 0.4) is 0 Å². The highest BCUT2D eigenvalue weighted by atomic mass is 19.1. The minimum Gasteiger partial charge on any atom is -0.481 e. The second-order valence-electron chi connectivity index (χ2n) is 3.76. The average Bonchev–Trinajstić information content (AvgIpc) is 2.61. The Morgan fingerprint density at radius 3 is 3.00 bits per heavy atom. The number of fused-ring (bicyclic) bond motifs is 1. The van der Waals surface area contributed by atoms with Crippen molar-refractivity contribution in [3.05, 3.63) is 29.8 Å². The molecule has 1 atom stereocenters. The summed E-state index contributed by atoms with van der Waals surface area (Å²) >= 11 is 0. The largest absolute Gasteiger partial charge is 0.481 e. The Hall–Kier alpha value is -1.91. The summed E-state index contributed by atoms with van der Waals surface area (Å²) in [5, 5.41) is 8.66. The Balaban J connectivity index is 2.39. The number of carbonyl (C=O) groups is 1. The van der Waals surface area contributed by atoms with Crippen molar-refractivity contribution in [2.45, 2.75) is 19.3 Å². The van der Waals surface area contributed by atoms with Gasteiger partial charge in [0.25, 0.3) is 0 Å². The smallest absolute Gasteiger partial charge is 0.304 e. The molecule has 0 aliphatic rings. The summed E-state index contributed by atoms with van der Waals surface area (Å²) in [5.74, 6) is -1.05. The van der Waals surface area contributed by atoms with E-state index in [0.717, 1.165) is 0 Å². The first-order valence-corrected chi connectivity index (χ1v) is 4.94. The molecule has 1 aromatic carbocycles. The van der Waals surface area contributed by atoms with E-state index in [1.54, 1.807) is 19.1 Å². The lowest BCUT2D eigenvalue weighted by atomic mass is 10.1. The van der Waals surface area contributed by atoms with Gasteiger partial charge in [0.2, 0.25) is 0 Å². The molecular weight excluding hydrogens is 211 g/mol. The lowest BCUT2D eigenvalue weighted by molar-refractivity contribution is -0.137. The summed E-state index contributed by atoms with van der Waals surface area (Å²) < 4.78 is 13.3. The second kappa shape index (κ2) is 3.92. The summed E-state index contributed by atoms with van der Waals surface area (Å²) in [4.78, 5) is 17.5. The number of nitrogens with one attached hydrogen (secondary N) is 1. The van der Waals surface area contributed by atoms with Crippen LogP contribution >= 0.6 is 0 Å². The van der Waals surface area contributed by atoms with Crippen molar-refractivity contribution in [2.24, 2.45) is 0 Å². The van der Waals surface area contributed by atoms with Gasteiger partial charge >= 0.3 is 5.97 Å². The van der Waals surface area contributed by atoms with Crippen LogP contribution in [0.4, 0.5) is 4.39 Å². The molecular formula is C11H11FN2O2. The molecule has 1 heterocycles. The fourth-order valence-corrected chi connectivity index (χ4v) is 1.61. The second-order valence-corrected chi connectivity index (χ2v) is 3.76. The SMILES string of the molecule is CC(CC(=O)O)c1nc2c(F)cccc2[nH]1. The predicted molar refractivity (Wildman–Crippen MR) is 56.7 cm³/mol. The third kappa shape index (κ3) is 1.88. The highest BCUT2D eigenvalue weighted by Crippen LogP contribution is 2.21. The number of halogens is 1. The first-order chi connectivity index (χ1) is 7.58. The zero-order chi connectivity index (χ0) is 11.7. The normalized spacial score (nSPS) is 12.9. The zero-order valence-corrected chi connectivity index (χ0v) is 8.70. The molecule has 0 saturated carbocycles. The molecule has 1 aromatic heterocycles. The van der Waals surface area contributed by atoms with Crippen LogP contribution < -0.4 is 0 Å². The van der Waals surface area contributed by atoms with Crippen molar-refractivity contribution in [2.75, 3.05) is 0 Å². The van der Waals surface area contributed by atoms with E-state index in [4.69, 9.17) is 5.11 Å². The van der Waals surface area contributed by atoms with Crippen molar-refractivity contribution >= 4 is 17.0 Å². The monoisotopic (exact) mass is 222 g/mol. The number of imidazole rings is 1. The maximum Gasteiger partial charge on any atom is 0.304 e. The minimum atomic E-state index is -0.895. The summed E-state index contributed by atoms with van der Waals surface area (Å²) in [6.07, 6.45) is -0.0263. The molecule has 4 nitrogen and oxygen atoms in total. The van der Waals surface area contributed by atoms with Crippen LogP contribution in [0, 0.1) is 5.82 Å². The molecule has 2 N–H and O–H groups in total. The van der Waals surface area contributed by atoms with E-state index in [1.165, 1.54) is 6.07 Å². The quantitative estimate of drug-likeness (QED) is 0.837. The van der Waals surface area contributed by atoms with Gasteiger partial charge in [0, 0.05) is 5.92 Å². The fraction of sp³-hybridized carbons (Fsp3) is 0.273. The summed E-state index contributed by atoms with van der Waals surface area (Å²) in [6, 6.07) is 4.62. The van der Waals surface area contributed by atoms with E-state index in [1.807, 2.05) is 0 Å². The molecule has 0 fully saturated rings. The molecule has 0 bridgehead atoms. The van der Waals surface area contributed by atoms with E-state index in [-0.39, 0.29) is 17.9 Å². The lowest BCUT2D eigenvalue weighted by Crippen LogP contribution is -2.04. The Morgan fingerprint density at radius 1 is 1.62 bits per heavy atom. The molecule has 0 spiro atoms. The number of carboxylic acid groups (broad SMARTS) is 1. The summed E-state index contributed by atoms with van der Waals surface area (Å²) in [5.41, 5.74) is 0.849. The van der Waals surface area contributed by atoms with E-state index < -0.39 is 11.8 Å². The number of aromatic amines is 1. The van der Waals surface area contributed by atoms with Gasteiger partial charge in [0.1, 0.15) is 11.3 Å². The molecule has 0 aliphatic carbocycles. The van der Waals surface area contributed by atoms with Crippen molar-refractivity contribution in [1.29, 1.82) is 0 Å². The van der Waals surface area contributed by atoms with Gasteiger partial charge in [-0.05, 0) is 12.1 Å². The fourth-order valence-electron chi connectivity index (χ4n) is 1.61. The molecule has 0 aliphatic heterocycles. The molecule has 2 aromatic rings. The first-order valence-electron chi connectivity index (χ1n) is 4.94. The van der Waals surface area contributed by atoms with Gasteiger partial charge in [0.15, 0.2) is 5.82 Å². The standard InChI is InChI=1S/C11H11FN2O2/c1-6(5-9(15)16)11-13-8-4-2-3-7(12)10(8)14-11/h2-4,6H,5H2,1H3,(H,13,14)(H,15,16). The third-order valence-electron chi connectivity index (χ3n) is 2.43. The van der Waals surface area contributed by atoms with Crippen LogP contribution in [-0.2, 0) is 4.79 Å². The third-order valence-corrected chi connectivity index (χ3v) is 2.43. The highest BCUT2D eigenvalue weighted by molar-refractivity contribution is 5.76. The number of hydrogen-bond acceptors (Lipinski definition) is 2. The maximum atomic E-state index is 13.3. The number of H-pyrrole nitrogens is 1. The number of nitrogens with zero attached hydrogens (tertiary/aromatic N) is 1. The van der Waals surface area contributed by atoms with Gasteiger partial charge in [-0.15, -0.1) is 0 Å². The van der Waals surface area contributed by atoms with Crippen LogP contribution in [-0.4, -0.2) is 21.0 Å². The summed E-state index contributed by atoms with van der Waals surface area (Å²) in [6.45, 7) is 1.74. The van der Waals surface area contributed by atoms with Crippen LogP contribution in [0.15, 0.2) is 18.2 Å². The number of aromatic nitrogens is 2. The number of aliphatic carboxylic acids is 1. The highest BCUT2D eigenvalue weighted by Gasteiger charge is 2.15. The van der Waals surface area contributed by atoms with Crippen LogP contribution in [0.25, 0.3) is 11.0 Å². The van der Waals surface area contributed by atoms with Gasteiger partial charge in [-0.1, -0.05) is 13.0 Å². The van der Waals surface area contributed by atoms with Gasteiger partial charge < -0.3 is 10.1 Å². The Morgan fingerprint density at radius 2 is 2.38 bits per heavy atom. The van der Waals surface area contributed by atoms with Crippen molar-refractivity contribution in [3.8, 4) is 0 Å². The van der Waals surface area contributed by atoms with E-state index in [9.17, 15) is 9.18 Å². The molecule has 84 valence electrons. The van der Waals surface area contributed by atoms with Gasteiger partial charge in [-0.3, -0.25) is 4.79 Å². The number of hydrogen-bond donors (Lipinski definition) is 2. The van der Waals surface area contributed by atoms with Crippen LogP contribution in [0.5, 0.6) is 0 Å². The average molecular weight is 222 g/mol. The Kier molecular flexibility index (Phi) is 2.60. The van der Waals surface area contributed by atoms with Crippen molar-refractivity contribution in [1.82, 2.24) is 9.97 Å². The maximum absolute atomic E-state index is 13.3. The lowest BCUT2D eigenvalue weighted by Gasteiger charge is -2.03. The molecule has 0 radical (unpaired) electrons. The molecule has 2 rings (SSSR count). The number of para-hydroxylation sites is 1. The van der Waals surface area contributed by atoms with E-state index in [0.29, 0.717) is 11.3 Å². The predicted octanol–water partition coefficient (Wildman–Crippen LogP) is 2.28. The molecule has 1 unspecified atom stereocenters. The van der Waals surface area contributed by atoms with E-state index >= 15 is 0 Å². The Labute approximate surface area is 91.1 Å². The van der Waals surface area contributed by atoms with Crippen molar-refractivity contribution < 1.29 is 14.3 Å². The Bertz CT molecular complexity index is 536.